The number of hydrogen-bond donors (Lipinski definition) is 1. The van der Waals surface area contributed by atoms with Crippen LogP contribution in [-0.4, -0.2) is 32.4 Å². The average Bonchev–Trinajstić information content (AvgIpc) is 2.26. The summed E-state index contributed by atoms with van der Waals surface area (Å²) in [5, 5.41) is 3.27. The molecule has 3 nitrogen and oxygen atoms in total. The van der Waals surface area contributed by atoms with Gasteiger partial charge in [-0.1, -0.05) is 6.07 Å². The van der Waals surface area contributed by atoms with E-state index in [-0.39, 0.29) is 5.60 Å². The van der Waals surface area contributed by atoms with Gasteiger partial charge in [-0.3, -0.25) is 0 Å². The summed E-state index contributed by atoms with van der Waals surface area (Å²) in [5.74, 6) is 0.951. The van der Waals surface area contributed by atoms with Crippen LogP contribution in [0.4, 0.5) is 0 Å². The summed E-state index contributed by atoms with van der Waals surface area (Å²) in [4.78, 5) is 0. The number of nitrogens with one attached hydrogen (secondary N) is 1. The topological polar surface area (TPSA) is 30.5 Å². The van der Waals surface area contributed by atoms with Crippen LogP contribution in [0.25, 0.3) is 0 Å². The molecule has 1 aromatic carbocycles. The molecule has 0 spiro atoms. The summed E-state index contributed by atoms with van der Waals surface area (Å²) in [7, 11) is 1.80. The number of benzene rings is 1. The molecular formula is C14H21NO2. The van der Waals surface area contributed by atoms with Crippen molar-refractivity contribution in [3.63, 3.8) is 0 Å². The van der Waals surface area contributed by atoms with Crippen molar-refractivity contribution >= 4 is 0 Å². The van der Waals surface area contributed by atoms with Gasteiger partial charge in [0.15, 0.2) is 0 Å². The van der Waals surface area contributed by atoms with Crippen molar-refractivity contribution in [2.24, 2.45) is 0 Å². The fraction of sp³-hybridized carbons (Fsp3) is 0.571. The van der Waals surface area contributed by atoms with E-state index in [0.29, 0.717) is 6.61 Å². The number of rotatable bonds is 5. The lowest BCUT2D eigenvalue weighted by Crippen LogP contribution is -2.61. The van der Waals surface area contributed by atoms with Crippen molar-refractivity contribution in [1.82, 2.24) is 5.32 Å². The lowest BCUT2D eigenvalue weighted by Gasteiger charge is -2.41. The fourth-order valence-corrected chi connectivity index (χ4v) is 2.22. The fourth-order valence-electron chi connectivity index (χ4n) is 2.22. The third kappa shape index (κ3) is 2.61. The molecule has 0 aliphatic carbocycles. The molecule has 17 heavy (non-hydrogen) atoms. The van der Waals surface area contributed by atoms with E-state index >= 15 is 0 Å². The third-order valence-corrected chi connectivity index (χ3v) is 3.47. The molecule has 0 aromatic heterocycles. The molecule has 2 rings (SSSR count). The number of methoxy groups -OCH3 is 1. The van der Waals surface area contributed by atoms with Crippen molar-refractivity contribution < 1.29 is 9.47 Å². The first kappa shape index (κ1) is 12.4. The highest BCUT2D eigenvalue weighted by atomic mass is 16.5. The average molecular weight is 235 g/mol. The monoisotopic (exact) mass is 235 g/mol. The second-order valence-corrected chi connectivity index (χ2v) is 4.69. The molecule has 1 saturated heterocycles. The van der Waals surface area contributed by atoms with Crippen LogP contribution in [0.2, 0.25) is 0 Å². The minimum atomic E-state index is -0.00209. The molecule has 0 saturated carbocycles. The molecule has 1 aromatic rings. The van der Waals surface area contributed by atoms with Crippen molar-refractivity contribution in [3.05, 3.63) is 29.3 Å². The van der Waals surface area contributed by atoms with E-state index in [4.69, 9.17) is 9.47 Å². The molecule has 1 aliphatic rings. The maximum Gasteiger partial charge on any atom is 0.119 e. The van der Waals surface area contributed by atoms with Gasteiger partial charge in [0.25, 0.3) is 0 Å². The number of hydrogen-bond acceptors (Lipinski definition) is 3. The second-order valence-electron chi connectivity index (χ2n) is 4.69. The Bertz CT molecular complexity index is 380. The molecular weight excluding hydrogens is 214 g/mol. The van der Waals surface area contributed by atoms with Crippen LogP contribution in [-0.2, 0) is 11.2 Å². The van der Waals surface area contributed by atoms with Crippen molar-refractivity contribution in [2.75, 3.05) is 26.8 Å². The van der Waals surface area contributed by atoms with Crippen LogP contribution < -0.4 is 10.1 Å². The Labute approximate surface area is 103 Å². The van der Waals surface area contributed by atoms with Crippen LogP contribution in [0, 0.1) is 6.92 Å². The highest BCUT2D eigenvalue weighted by Crippen LogP contribution is 2.25. The second kappa shape index (κ2) is 5.07. The third-order valence-electron chi connectivity index (χ3n) is 3.47. The van der Waals surface area contributed by atoms with Gasteiger partial charge in [0, 0.05) is 26.6 Å². The van der Waals surface area contributed by atoms with Crippen LogP contribution in [0.5, 0.6) is 5.75 Å². The van der Waals surface area contributed by atoms with Crippen LogP contribution >= 0.6 is 0 Å². The summed E-state index contributed by atoms with van der Waals surface area (Å²) in [6, 6.07) is 6.30. The Kier molecular flexibility index (Phi) is 3.69. The highest BCUT2D eigenvalue weighted by molar-refractivity contribution is 5.36. The smallest absolute Gasteiger partial charge is 0.119 e. The molecule has 0 atom stereocenters. The van der Waals surface area contributed by atoms with Crippen molar-refractivity contribution in [3.8, 4) is 5.75 Å². The van der Waals surface area contributed by atoms with Gasteiger partial charge in [0.1, 0.15) is 5.75 Å². The highest BCUT2D eigenvalue weighted by Gasteiger charge is 2.37. The molecule has 1 heterocycles. The first-order chi connectivity index (χ1) is 8.19. The normalized spacial score (nSPS) is 17.6. The van der Waals surface area contributed by atoms with Crippen molar-refractivity contribution in [2.45, 2.75) is 25.9 Å². The van der Waals surface area contributed by atoms with Gasteiger partial charge in [-0.05, 0) is 37.1 Å². The summed E-state index contributed by atoms with van der Waals surface area (Å²) in [6.07, 6.45) is 0.967. The Morgan fingerprint density at radius 1 is 1.35 bits per heavy atom. The minimum absolute atomic E-state index is 0.00209. The van der Waals surface area contributed by atoms with Crippen molar-refractivity contribution in [1.29, 1.82) is 0 Å². The SMILES string of the molecule is CCOc1ccc(CC2(OC)CNC2)c(C)c1. The maximum absolute atomic E-state index is 5.62. The minimum Gasteiger partial charge on any atom is -0.494 e. The molecule has 1 aliphatic heterocycles. The van der Waals surface area contributed by atoms with E-state index in [9.17, 15) is 0 Å². The Hall–Kier alpha value is -1.06. The largest absolute Gasteiger partial charge is 0.494 e. The van der Waals surface area contributed by atoms with Gasteiger partial charge in [-0.15, -0.1) is 0 Å². The van der Waals surface area contributed by atoms with Gasteiger partial charge >= 0.3 is 0 Å². The molecule has 94 valence electrons. The molecule has 1 N–H and O–H groups in total. The standard InChI is InChI=1S/C14H21NO2/c1-4-17-13-6-5-12(11(2)7-13)8-14(16-3)9-15-10-14/h5-7,15H,4,8-10H2,1-3H3. The number of ether oxygens (including phenoxy) is 2. The van der Waals surface area contributed by atoms with Gasteiger partial charge in [-0.2, -0.15) is 0 Å². The maximum atomic E-state index is 5.62. The van der Waals surface area contributed by atoms with Gasteiger partial charge < -0.3 is 14.8 Å². The summed E-state index contributed by atoms with van der Waals surface area (Å²) in [5.41, 5.74) is 2.62. The Morgan fingerprint density at radius 2 is 2.12 bits per heavy atom. The van der Waals surface area contributed by atoms with E-state index in [1.165, 1.54) is 11.1 Å². The zero-order valence-electron chi connectivity index (χ0n) is 10.9. The predicted molar refractivity (Wildman–Crippen MR) is 68.7 cm³/mol. The Balaban J connectivity index is 2.11. The van der Waals surface area contributed by atoms with Gasteiger partial charge in [-0.25, -0.2) is 0 Å². The van der Waals surface area contributed by atoms with E-state index in [0.717, 1.165) is 25.3 Å². The molecule has 0 bridgehead atoms. The Morgan fingerprint density at radius 3 is 2.59 bits per heavy atom. The first-order valence-electron chi connectivity index (χ1n) is 6.17. The summed E-state index contributed by atoms with van der Waals surface area (Å²) >= 11 is 0. The lowest BCUT2D eigenvalue weighted by atomic mass is 9.87. The quantitative estimate of drug-likeness (QED) is 0.846. The van der Waals surface area contributed by atoms with E-state index in [1.807, 2.05) is 13.0 Å². The molecule has 3 heteroatoms. The molecule has 1 fully saturated rings. The van der Waals surface area contributed by atoms with Gasteiger partial charge in [0.2, 0.25) is 0 Å². The van der Waals surface area contributed by atoms with Crippen LogP contribution in [0.15, 0.2) is 18.2 Å². The number of aryl methyl sites for hydroxylation is 1. The molecule has 0 radical (unpaired) electrons. The summed E-state index contributed by atoms with van der Waals surface area (Å²) < 4.78 is 11.1. The van der Waals surface area contributed by atoms with Crippen LogP contribution in [0.3, 0.4) is 0 Å². The predicted octanol–water partition coefficient (Wildman–Crippen LogP) is 1.92. The van der Waals surface area contributed by atoms with E-state index in [2.05, 4.69) is 24.4 Å². The summed E-state index contributed by atoms with van der Waals surface area (Å²) in [6.45, 7) is 6.73. The zero-order valence-corrected chi connectivity index (χ0v) is 10.9. The van der Waals surface area contributed by atoms with Gasteiger partial charge in [0.05, 0.1) is 12.2 Å². The molecule has 0 amide bonds. The molecule has 0 unspecified atom stereocenters. The van der Waals surface area contributed by atoms with Crippen LogP contribution in [0.1, 0.15) is 18.1 Å². The zero-order chi connectivity index (χ0) is 12.3. The van der Waals surface area contributed by atoms with E-state index in [1.54, 1.807) is 7.11 Å². The van der Waals surface area contributed by atoms with E-state index < -0.39 is 0 Å². The first-order valence-corrected chi connectivity index (χ1v) is 6.17. The lowest BCUT2D eigenvalue weighted by molar-refractivity contribution is -0.0503.